The predicted molar refractivity (Wildman–Crippen MR) is 76.2 cm³/mol. The molecule has 2 amide bonds. The van der Waals surface area contributed by atoms with E-state index >= 15 is 0 Å². The highest BCUT2D eigenvalue weighted by molar-refractivity contribution is 6.33. The molecule has 1 aliphatic rings. The van der Waals surface area contributed by atoms with Gasteiger partial charge in [0.2, 0.25) is 5.91 Å². The second-order valence-corrected chi connectivity index (χ2v) is 5.15. The van der Waals surface area contributed by atoms with Crippen LogP contribution in [-0.2, 0) is 9.59 Å². The number of carbonyl (C=O) groups excluding carboxylic acids is 2. The standard InChI is InChI=1S/C14H15ClN2O4/c15-10-5-2-1-4-9(10)13(19)16-8-12(18)17-7-3-6-11(17)14(20)21/h1-2,4-5,11H,3,6-8H2,(H,16,19)(H,20,21)/t11-/m1/s1. The van der Waals surface area contributed by atoms with Crippen LogP contribution in [0.25, 0.3) is 0 Å². The maximum atomic E-state index is 12.0. The third-order valence-electron chi connectivity index (χ3n) is 3.38. The van der Waals surface area contributed by atoms with Crippen molar-refractivity contribution < 1.29 is 19.5 Å². The van der Waals surface area contributed by atoms with Gasteiger partial charge in [0.15, 0.2) is 0 Å². The van der Waals surface area contributed by atoms with Crippen LogP contribution in [0.2, 0.25) is 5.02 Å². The number of hydrogen-bond acceptors (Lipinski definition) is 3. The summed E-state index contributed by atoms with van der Waals surface area (Å²) in [4.78, 5) is 36.2. The average molecular weight is 311 g/mol. The molecule has 7 heteroatoms. The molecule has 1 fully saturated rings. The van der Waals surface area contributed by atoms with Gasteiger partial charge in [-0.25, -0.2) is 4.79 Å². The molecule has 6 nitrogen and oxygen atoms in total. The molecule has 0 aliphatic carbocycles. The Morgan fingerprint density at radius 1 is 1.33 bits per heavy atom. The number of amides is 2. The fraction of sp³-hybridized carbons (Fsp3) is 0.357. The molecule has 112 valence electrons. The minimum Gasteiger partial charge on any atom is -0.480 e. The Morgan fingerprint density at radius 2 is 2.05 bits per heavy atom. The number of likely N-dealkylation sites (tertiary alicyclic amines) is 1. The van der Waals surface area contributed by atoms with Gasteiger partial charge in [-0.2, -0.15) is 0 Å². The van der Waals surface area contributed by atoms with Crippen LogP contribution in [0, 0.1) is 0 Å². The summed E-state index contributed by atoms with van der Waals surface area (Å²) in [6.45, 7) is 0.158. The Balaban J connectivity index is 1.94. The normalized spacial score (nSPS) is 17.6. The lowest BCUT2D eigenvalue weighted by atomic mass is 10.2. The summed E-state index contributed by atoms with van der Waals surface area (Å²) in [6, 6.07) is 5.71. The van der Waals surface area contributed by atoms with Gasteiger partial charge < -0.3 is 15.3 Å². The smallest absolute Gasteiger partial charge is 0.326 e. The van der Waals surface area contributed by atoms with Crippen molar-refractivity contribution in [2.75, 3.05) is 13.1 Å². The molecule has 1 aromatic carbocycles. The maximum Gasteiger partial charge on any atom is 0.326 e. The van der Waals surface area contributed by atoms with Crippen molar-refractivity contribution >= 4 is 29.4 Å². The first-order valence-electron chi connectivity index (χ1n) is 6.55. The first-order chi connectivity index (χ1) is 10.0. The number of hydrogen-bond donors (Lipinski definition) is 2. The molecule has 1 atom stereocenters. The van der Waals surface area contributed by atoms with E-state index in [1.54, 1.807) is 24.3 Å². The number of nitrogens with one attached hydrogen (secondary N) is 1. The van der Waals surface area contributed by atoms with E-state index in [2.05, 4.69) is 5.32 Å². The molecule has 21 heavy (non-hydrogen) atoms. The number of halogens is 1. The van der Waals surface area contributed by atoms with Crippen molar-refractivity contribution in [2.45, 2.75) is 18.9 Å². The summed E-state index contributed by atoms with van der Waals surface area (Å²) in [5.74, 6) is -1.88. The molecule has 0 aromatic heterocycles. The van der Waals surface area contributed by atoms with E-state index in [4.69, 9.17) is 16.7 Å². The van der Waals surface area contributed by atoms with E-state index in [9.17, 15) is 14.4 Å². The third-order valence-corrected chi connectivity index (χ3v) is 3.71. The minimum absolute atomic E-state index is 0.242. The quantitative estimate of drug-likeness (QED) is 0.873. The fourth-order valence-electron chi connectivity index (χ4n) is 2.32. The number of carboxylic acid groups (broad SMARTS) is 1. The molecule has 0 radical (unpaired) electrons. The van der Waals surface area contributed by atoms with Crippen molar-refractivity contribution in [3.05, 3.63) is 34.9 Å². The van der Waals surface area contributed by atoms with Crippen molar-refractivity contribution in [3.8, 4) is 0 Å². The molecule has 1 aromatic rings. The maximum absolute atomic E-state index is 12.0. The van der Waals surface area contributed by atoms with Gasteiger partial charge in [0.25, 0.3) is 5.91 Å². The number of rotatable bonds is 4. The number of carbonyl (C=O) groups is 3. The second kappa shape index (κ2) is 6.58. The lowest BCUT2D eigenvalue weighted by Gasteiger charge is -2.21. The molecule has 0 saturated carbocycles. The van der Waals surface area contributed by atoms with Crippen LogP contribution in [0.4, 0.5) is 0 Å². The summed E-state index contributed by atoms with van der Waals surface area (Å²) in [6.07, 6.45) is 1.10. The molecular weight excluding hydrogens is 296 g/mol. The largest absolute Gasteiger partial charge is 0.480 e. The molecule has 1 saturated heterocycles. The SMILES string of the molecule is O=C(NCC(=O)N1CCC[C@@H]1C(=O)O)c1ccccc1Cl. The van der Waals surface area contributed by atoms with Gasteiger partial charge in [0, 0.05) is 6.54 Å². The first-order valence-corrected chi connectivity index (χ1v) is 6.93. The fourth-order valence-corrected chi connectivity index (χ4v) is 2.54. The number of nitrogens with zero attached hydrogens (tertiary/aromatic N) is 1. The minimum atomic E-state index is -1.02. The van der Waals surface area contributed by atoms with Crippen molar-refractivity contribution in [1.82, 2.24) is 10.2 Å². The molecule has 1 aliphatic heterocycles. The van der Waals surface area contributed by atoms with Gasteiger partial charge in [-0.1, -0.05) is 23.7 Å². The van der Waals surface area contributed by atoms with Crippen molar-refractivity contribution in [3.63, 3.8) is 0 Å². The zero-order valence-electron chi connectivity index (χ0n) is 11.2. The van der Waals surface area contributed by atoms with Gasteiger partial charge in [0.1, 0.15) is 6.04 Å². The highest BCUT2D eigenvalue weighted by Gasteiger charge is 2.33. The lowest BCUT2D eigenvalue weighted by Crippen LogP contribution is -2.45. The monoisotopic (exact) mass is 310 g/mol. The van der Waals surface area contributed by atoms with Crippen LogP contribution in [0.3, 0.4) is 0 Å². The van der Waals surface area contributed by atoms with E-state index in [0.717, 1.165) is 0 Å². The zero-order chi connectivity index (χ0) is 15.4. The van der Waals surface area contributed by atoms with Crippen LogP contribution in [0.15, 0.2) is 24.3 Å². The van der Waals surface area contributed by atoms with Crippen molar-refractivity contribution in [1.29, 1.82) is 0 Å². The molecule has 0 unspecified atom stereocenters. The van der Waals surface area contributed by atoms with Gasteiger partial charge in [-0.3, -0.25) is 9.59 Å². The zero-order valence-corrected chi connectivity index (χ0v) is 12.0. The summed E-state index contributed by atoms with van der Waals surface area (Å²) in [7, 11) is 0. The Hall–Kier alpha value is -2.08. The average Bonchev–Trinajstić information content (AvgIpc) is 2.94. The van der Waals surface area contributed by atoms with Crippen LogP contribution >= 0.6 is 11.6 Å². The number of carboxylic acids is 1. The highest BCUT2D eigenvalue weighted by atomic mass is 35.5. The molecule has 0 spiro atoms. The highest BCUT2D eigenvalue weighted by Crippen LogP contribution is 2.17. The van der Waals surface area contributed by atoms with Crippen LogP contribution in [0.5, 0.6) is 0 Å². The Labute approximate surface area is 126 Å². The second-order valence-electron chi connectivity index (χ2n) is 4.75. The van der Waals surface area contributed by atoms with Gasteiger partial charge in [-0.15, -0.1) is 0 Å². The number of aliphatic carboxylic acids is 1. The van der Waals surface area contributed by atoms with E-state index in [0.29, 0.717) is 24.4 Å². The number of benzene rings is 1. The first kappa shape index (κ1) is 15.3. The van der Waals surface area contributed by atoms with Crippen LogP contribution < -0.4 is 5.32 Å². The Morgan fingerprint density at radius 3 is 2.71 bits per heavy atom. The molecule has 2 N–H and O–H groups in total. The Kier molecular flexibility index (Phi) is 4.80. The summed E-state index contributed by atoms with van der Waals surface area (Å²) >= 11 is 5.89. The van der Waals surface area contributed by atoms with Crippen molar-refractivity contribution in [2.24, 2.45) is 0 Å². The van der Waals surface area contributed by atoms with Gasteiger partial charge >= 0.3 is 5.97 Å². The molecule has 1 heterocycles. The van der Waals surface area contributed by atoms with E-state index in [-0.39, 0.29) is 12.1 Å². The van der Waals surface area contributed by atoms with E-state index < -0.39 is 23.8 Å². The van der Waals surface area contributed by atoms with E-state index in [1.807, 2.05) is 0 Å². The van der Waals surface area contributed by atoms with Crippen LogP contribution in [0.1, 0.15) is 23.2 Å². The topological polar surface area (TPSA) is 86.7 Å². The summed E-state index contributed by atoms with van der Waals surface area (Å²) in [5.41, 5.74) is 0.281. The molecule has 2 rings (SSSR count). The lowest BCUT2D eigenvalue weighted by molar-refractivity contribution is -0.147. The molecule has 0 bridgehead atoms. The third kappa shape index (κ3) is 3.52. The summed E-state index contributed by atoms with van der Waals surface area (Å²) < 4.78 is 0. The summed E-state index contributed by atoms with van der Waals surface area (Å²) in [5, 5.41) is 11.8. The Bertz CT molecular complexity index is 576. The van der Waals surface area contributed by atoms with E-state index in [1.165, 1.54) is 4.90 Å². The van der Waals surface area contributed by atoms with Gasteiger partial charge in [-0.05, 0) is 25.0 Å². The van der Waals surface area contributed by atoms with Gasteiger partial charge in [0.05, 0.1) is 17.1 Å². The molecular formula is C14H15ClN2O4. The van der Waals surface area contributed by atoms with Crippen LogP contribution in [-0.4, -0.2) is 46.9 Å². The predicted octanol–water partition coefficient (Wildman–Crippen LogP) is 1.15.